The number of halogens is 4. The first kappa shape index (κ1) is 25.4. The molecule has 0 radical (unpaired) electrons. The summed E-state index contributed by atoms with van der Waals surface area (Å²) in [5.74, 6) is 1.22. The molecule has 0 saturated carbocycles. The molecule has 0 saturated heterocycles. The molecule has 162 valence electrons. The smallest absolute Gasteiger partial charge is 0.434 e. The standard InChI is InChI=1S/C18H23F3N4O2S.HI/c1-3-22-17(24-11-16-25-15(12-28-16)18(19,20)21)23-10-13-5-4-6-14(9-13)27-8-7-26-2;/h4-6,9,12H,3,7-8,10-11H2,1-2H3,(H2,22,23,24);1H. The van der Waals surface area contributed by atoms with Gasteiger partial charge in [0.1, 0.15) is 17.4 Å². The van der Waals surface area contributed by atoms with Gasteiger partial charge < -0.3 is 20.1 Å². The van der Waals surface area contributed by atoms with Gasteiger partial charge in [-0.3, -0.25) is 0 Å². The maximum absolute atomic E-state index is 12.6. The zero-order valence-corrected chi connectivity index (χ0v) is 19.2. The number of hydrogen-bond acceptors (Lipinski definition) is 5. The van der Waals surface area contributed by atoms with Crippen LogP contribution in [-0.2, 0) is 24.0 Å². The second kappa shape index (κ2) is 12.9. The van der Waals surface area contributed by atoms with Crippen molar-refractivity contribution in [1.29, 1.82) is 0 Å². The summed E-state index contributed by atoms with van der Waals surface area (Å²) in [6.45, 7) is 4.05. The summed E-state index contributed by atoms with van der Waals surface area (Å²) in [6, 6.07) is 7.54. The van der Waals surface area contributed by atoms with E-state index >= 15 is 0 Å². The van der Waals surface area contributed by atoms with Gasteiger partial charge in [0, 0.05) is 19.0 Å². The second-order valence-corrected chi connectivity index (χ2v) is 6.60. The van der Waals surface area contributed by atoms with Crippen molar-refractivity contribution in [3.63, 3.8) is 0 Å². The number of rotatable bonds is 9. The third-order valence-corrected chi connectivity index (χ3v) is 4.32. The van der Waals surface area contributed by atoms with Gasteiger partial charge in [-0.1, -0.05) is 12.1 Å². The van der Waals surface area contributed by atoms with E-state index in [4.69, 9.17) is 9.47 Å². The van der Waals surface area contributed by atoms with Crippen molar-refractivity contribution in [2.24, 2.45) is 4.99 Å². The number of nitrogens with one attached hydrogen (secondary N) is 2. The Morgan fingerprint density at radius 2 is 2.03 bits per heavy atom. The van der Waals surface area contributed by atoms with Gasteiger partial charge >= 0.3 is 6.18 Å². The third kappa shape index (κ3) is 9.17. The highest BCUT2D eigenvalue weighted by molar-refractivity contribution is 14.0. The molecule has 0 aliphatic carbocycles. The number of guanidine groups is 1. The van der Waals surface area contributed by atoms with Crippen LogP contribution in [0.4, 0.5) is 13.2 Å². The van der Waals surface area contributed by atoms with Crippen molar-refractivity contribution in [3.05, 3.63) is 45.9 Å². The quantitative estimate of drug-likeness (QED) is 0.216. The van der Waals surface area contributed by atoms with Crippen LogP contribution >= 0.6 is 35.3 Å². The van der Waals surface area contributed by atoms with Gasteiger partial charge in [-0.25, -0.2) is 9.98 Å². The minimum Gasteiger partial charge on any atom is -0.491 e. The van der Waals surface area contributed by atoms with Crippen LogP contribution in [0.3, 0.4) is 0 Å². The third-order valence-electron chi connectivity index (χ3n) is 3.47. The highest BCUT2D eigenvalue weighted by Crippen LogP contribution is 2.29. The second-order valence-electron chi connectivity index (χ2n) is 5.66. The van der Waals surface area contributed by atoms with Crippen molar-refractivity contribution < 1.29 is 22.6 Å². The Hall–Kier alpha value is -1.60. The topological polar surface area (TPSA) is 67.8 Å². The summed E-state index contributed by atoms with van der Waals surface area (Å²) >= 11 is 0.959. The lowest BCUT2D eigenvalue weighted by Gasteiger charge is -2.11. The first-order valence-corrected chi connectivity index (χ1v) is 9.54. The Labute approximate surface area is 188 Å². The average Bonchev–Trinajstić information content (AvgIpc) is 3.14. The minimum atomic E-state index is -4.43. The van der Waals surface area contributed by atoms with E-state index in [1.165, 1.54) is 0 Å². The Bertz CT molecular complexity index is 772. The molecule has 0 aliphatic heterocycles. The molecule has 0 spiro atoms. The van der Waals surface area contributed by atoms with Crippen LogP contribution in [0.25, 0.3) is 0 Å². The molecule has 2 N–H and O–H groups in total. The monoisotopic (exact) mass is 544 g/mol. The predicted octanol–water partition coefficient (Wildman–Crippen LogP) is 4.06. The summed E-state index contributed by atoms with van der Waals surface area (Å²) in [7, 11) is 1.61. The Morgan fingerprint density at radius 1 is 1.24 bits per heavy atom. The number of thiazole rings is 1. The van der Waals surface area contributed by atoms with E-state index in [1.54, 1.807) is 7.11 Å². The predicted molar refractivity (Wildman–Crippen MR) is 118 cm³/mol. The molecule has 6 nitrogen and oxygen atoms in total. The van der Waals surface area contributed by atoms with Crippen LogP contribution in [0.5, 0.6) is 5.75 Å². The lowest BCUT2D eigenvalue weighted by Crippen LogP contribution is -2.36. The van der Waals surface area contributed by atoms with E-state index in [0.717, 1.165) is 28.0 Å². The summed E-state index contributed by atoms with van der Waals surface area (Å²) in [5.41, 5.74) is 0.0715. The molecule has 0 atom stereocenters. The highest BCUT2D eigenvalue weighted by atomic mass is 127. The SMILES string of the molecule is CCNC(=NCc1cccc(OCCOC)c1)NCc1nc(C(F)(F)F)cs1.I. The van der Waals surface area contributed by atoms with E-state index in [1.807, 2.05) is 31.2 Å². The van der Waals surface area contributed by atoms with Gasteiger partial charge in [-0.15, -0.1) is 35.3 Å². The van der Waals surface area contributed by atoms with E-state index < -0.39 is 11.9 Å². The normalized spacial score (nSPS) is 11.7. The summed E-state index contributed by atoms with van der Waals surface area (Å²) in [6.07, 6.45) is -4.43. The number of aromatic nitrogens is 1. The molecule has 11 heteroatoms. The fraction of sp³-hybridized carbons (Fsp3) is 0.444. The van der Waals surface area contributed by atoms with E-state index in [-0.39, 0.29) is 30.5 Å². The molecular formula is C18H24F3IN4O2S. The minimum absolute atomic E-state index is 0. The zero-order chi connectivity index (χ0) is 20.4. The summed E-state index contributed by atoms with van der Waals surface area (Å²) < 4.78 is 48.4. The molecule has 0 aliphatic rings. The van der Waals surface area contributed by atoms with Crippen LogP contribution in [-0.4, -0.2) is 37.8 Å². The van der Waals surface area contributed by atoms with Crippen molar-refractivity contribution in [3.8, 4) is 5.75 Å². The maximum Gasteiger partial charge on any atom is 0.434 e. The van der Waals surface area contributed by atoms with Gasteiger partial charge in [0.2, 0.25) is 0 Å². The van der Waals surface area contributed by atoms with Crippen molar-refractivity contribution in [2.75, 3.05) is 26.9 Å². The van der Waals surface area contributed by atoms with Crippen molar-refractivity contribution >= 4 is 41.3 Å². The number of nitrogens with zero attached hydrogens (tertiary/aromatic N) is 2. The number of aliphatic imine (C=N–C) groups is 1. The van der Waals surface area contributed by atoms with E-state index in [0.29, 0.717) is 37.3 Å². The molecule has 2 rings (SSSR count). The molecule has 1 aromatic carbocycles. The van der Waals surface area contributed by atoms with E-state index in [9.17, 15) is 13.2 Å². The van der Waals surface area contributed by atoms with Crippen LogP contribution in [0, 0.1) is 0 Å². The van der Waals surface area contributed by atoms with Gasteiger partial charge in [-0.05, 0) is 24.6 Å². The number of methoxy groups -OCH3 is 1. The largest absolute Gasteiger partial charge is 0.491 e. The van der Waals surface area contributed by atoms with Gasteiger partial charge in [-0.2, -0.15) is 13.2 Å². The van der Waals surface area contributed by atoms with Crippen LogP contribution < -0.4 is 15.4 Å². The summed E-state index contributed by atoms with van der Waals surface area (Å²) in [4.78, 5) is 8.06. The molecule has 0 fully saturated rings. The maximum atomic E-state index is 12.6. The van der Waals surface area contributed by atoms with Crippen LogP contribution in [0.15, 0.2) is 34.6 Å². The molecular weight excluding hydrogens is 520 g/mol. The lowest BCUT2D eigenvalue weighted by molar-refractivity contribution is -0.140. The highest BCUT2D eigenvalue weighted by Gasteiger charge is 2.33. The zero-order valence-electron chi connectivity index (χ0n) is 16.1. The number of alkyl halides is 3. The Kier molecular flexibility index (Phi) is 11.3. The molecule has 0 amide bonds. The Balaban J connectivity index is 0.00000420. The molecule has 29 heavy (non-hydrogen) atoms. The number of hydrogen-bond donors (Lipinski definition) is 2. The molecule has 1 heterocycles. The first-order valence-electron chi connectivity index (χ1n) is 8.66. The fourth-order valence-electron chi connectivity index (χ4n) is 2.17. The van der Waals surface area contributed by atoms with Gasteiger partial charge in [0.25, 0.3) is 0 Å². The van der Waals surface area contributed by atoms with Gasteiger partial charge in [0.15, 0.2) is 11.7 Å². The van der Waals surface area contributed by atoms with Crippen LogP contribution in [0.1, 0.15) is 23.2 Å². The fourth-order valence-corrected chi connectivity index (χ4v) is 2.91. The van der Waals surface area contributed by atoms with Crippen molar-refractivity contribution in [1.82, 2.24) is 15.6 Å². The molecule has 0 bridgehead atoms. The molecule has 1 aromatic heterocycles. The molecule has 0 unspecified atom stereocenters. The lowest BCUT2D eigenvalue weighted by atomic mass is 10.2. The molecule has 2 aromatic rings. The average molecular weight is 544 g/mol. The summed E-state index contributed by atoms with van der Waals surface area (Å²) in [5, 5.41) is 7.41. The van der Waals surface area contributed by atoms with E-state index in [2.05, 4.69) is 20.6 Å². The first-order chi connectivity index (χ1) is 13.4. The van der Waals surface area contributed by atoms with Gasteiger partial charge in [0.05, 0.1) is 19.7 Å². The number of benzene rings is 1. The van der Waals surface area contributed by atoms with Crippen LogP contribution in [0.2, 0.25) is 0 Å². The number of ether oxygens (including phenoxy) is 2. The van der Waals surface area contributed by atoms with Crippen molar-refractivity contribution in [2.45, 2.75) is 26.2 Å². The Morgan fingerprint density at radius 3 is 2.69 bits per heavy atom.